The molecule has 0 radical (unpaired) electrons. The van der Waals surface area contributed by atoms with Crippen molar-refractivity contribution in [2.24, 2.45) is 5.92 Å². The number of nitrogens with one attached hydrogen (secondary N) is 1. The maximum atomic E-state index is 11.4. The second kappa shape index (κ2) is 6.36. The highest BCUT2D eigenvalue weighted by Crippen LogP contribution is 2.17. The van der Waals surface area contributed by atoms with Crippen molar-refractivity contribution < 1.29 is 8.42 Å². The van der Waals surface area contributed by atoms with E-state index >= 15 is 0 Å². The van der Waals surface area contributed by atoms with Gasteiger partial charge in [-0.15, -0.1) is 0 Å². The molecule has 1 aliphatic heterocycles. The molecule has 1 unspecified atom stereocenters. The monoisotopic (exact) mass is 346 g/mol. The topological polar surface area (TPSA) is 49.4 Å². The third-order valence-electron chi connectivity index (χ3n) is 2.66. The maximum absolute atomic E-state index is 11.4. The summed E-state index contributed by atoms with van der Waals surface area (Å²) in [6.07, 6.45) is 3.43. The summed E-state index contributed by atoms with van der Waals surface area (Å²) in [5.41, 5.74) is 0. The molecule has 0 saturated carbocycles. The first-order valence-electron chi connectivity index (χ1n) is 5.26. The molecule has 0 amide bonds. The van der Waals surface area contributed by atoms with Gasteiger partial charge in [0, 0.05) is 24.1 Å². The molecule has 15 heavy (non-hydrogen) atoms. The van der Waals surface area contributed by atoms with Crippen LogP contribution in [-0.2, 0) is 10.0 Å². The predicted octanol–water partition coefficient (Wildman–Crippen LogP) is 0.683. The summed E-state index contributed by atoms with van der Waals surface area (Å²) in [6.45, 7) is 3.33. The summed E-state index contributed by atoms with van der Waals surface area (Å²) in [6, 6.07) is 0. The van der Waals surface area contributed by atoms with Gasteiger partial charge in [-0.3, -0.25) is 0 Å². The van der Waals surface area contributed by atoms with E-state index in [1.54, 1.807) is 4.31 Å². The molecule has 6 heteroatoms. The lowest BCUT2D eigenvalue weighted by atomic mass is 10.00. The number of hydrogen-bond acceptors (Lipinski definition) is 3. The highest BCUT2D eigenvalue weighted by Gasteiger charge is 2.25. The van der Waals surface area contributed by atoms with Crippen LogP contribution in [0.2, 0.25) is 0 Å². The first-order chi connectivity index (χ1) is 7.04. The number of rotatable bonds is 5. The van der Waals surface area contributed by atoms with E-state index in [0.29, 0.717) is 19.0 Å². The number of hydrogen-bond donors (Lipinski definition) is 1. The van der Waals surface area contributed by atoms with Crippen molar-refractivity contribution in [2.45, 2.75) is 12.8 Å². The number of halogens is 1. The Bertz CT molecular complexity index is 282. The number of sulfonamides is 1. The molecule has 0 aromatic carbocycles. The minimum atomic E-state index is -2.99. The molecule has 0 aromatic heterocycles. The van der Waals surface area contributed by atoms with Crippen molar-refractivity contribution in [3.63, 3.8) is 0 Å². The van der Waals surface area contributed by atoms with Gasteiger partial charge in [0.25, 0.3) is 0 Å². The molecule has 1 aliphatic rings. The smallest absolute Gasteiger partial charge is 0.211 e. The second-order valence-electron chi connectivity index (χ2n) is 4.02. The van der Waals surface area contributed by atoms with E-state index in [2.05, 4.69) is 27.9 Å². The molecule has 1 saturated heterocycles. The fourth-order valence-corrected chi connectivity index (χ4v) is 3.19. The van der Waals surface area contributed by atoms with Crippen LogP contribution in [0, 0.1) is 5.92 Å². The third kappa shape index (κ3) is 4.97. The maximum Gasteiger partial charge on any atom is 0.211 e. The summed E-state index contributed by atoms with van der Waals surface area (Å²) in [5.74, 6) is 0.483. The Kier molecular flexibility index (Phi) is 5.80. The van der Waals surface area contributed by atoms with E-state index in [1.807, 2.05) is 0 Å². The number of piperidine rings is 1. The Labute approximate surface area is 106 Å². The standard InChI is InChI=1S/C9H19IN2O2S/c1-15(13,14)12-6-2-3-9(8-12)7-11-5-4-10/h9,11H,2-8H2,1H3. The molecule has 1 N–H and O–H groups in total. The zero-order valence-corrected chi connectivity index (χ0v) is 12.1. The molecule has 0 spiro atoms. The minimum Gasteiger partial charge on any atom is -0.316 e. The van der Waals surface area contributed by atoms with Crippen LogP contribution >= 0.6 is 22.6 Å². The minimum absolute atomic E-state index is 0.483. The molecule has 1 atom stereocenters. The Morgan fingerprint density at radius 1 is 1.53 bits per heavy atom. The van der Waals surface area contributed by atoms with E-state index in [9.17, 15) is 8.42 Å². The van der Waals surface area contributed by atoms with Gasteiger partial charge >= 0.3 is 0 Å². The Hall–Kier alpha value is 0.600. The van der Waals surface area contributed by atoms with Crippen molar-refractivity contribution in [1.29, 1.82) is 0 Å². The quantitative estimate of drug-likeness (QED) is 0.453. The van der Waals surface area contributed by atoms with Crippen LogP contribution < -0.4 is 5.32 Å². The van der Waals surface area contributed by atoms with Crippen LogP contribution in [0.5, 0.6) is 0 Å². The fourth-order valence-electron chi connectivity index (χ4n) is 1.87. The van der Waals surface area contributed by atoms with Crippen molar-refractivity contribution in [1.82, 2.24) is 9.62 Å². The first kappa shape index (κ1) is 13.7. The van der Waals surface area contributed by atoms with Gasteiger partial charge in [-0.2, -0.15) is 0 Å². The van der Waals surface area contributed by atoms with Crippen molar-refractivity contribution in [2.75, 3.05) is 36.9 Å². The van der Waals surface area contributed by atoms with Crippen LogP contribution in [0.1, 0.15) is 12.8 Å². The highest BCUT2D eigenvalue weighted by atomic mass is 127. The van der Waals surface area contributed by atoms with Gasteiger partial charge in [0.2, 0.25) is 10.0 Å². The normalized spacial score (nSPS) is 24.3. The van der Waals surface area contributed by atoms with Crippen LogP contribution in [0.25, 0.3) is 0 Å². The Morgan fingerprint density at radius 2 is 2.27 bits per heavy atom. The Morgan fingerprint density at radius 3 is 2.87 bits per heavy atom. The zero-order chi connectivity index (χ0) is 11.3. The Balaban J connectivity index is 2.36. The molecular weight excluding hydrogens is 327 g/mol. The molecule has 1 rings (SSSR count). The molecule has 0 aliphatic carbocycles. The second-order valence-corrected chi connectivity index (χ2v) is 7.08. The summed E-state index contributed by atoms with van der Waals surface area (Å²) < 4.78 is 25.4. The SMILES string of the molecule is CS(=O)(=O)N1CCCC(CNCCI)C1. The first-order valence-corrected chi connectivity index (χ1v) is 8.63. The van der Waals surface area contributed by atoms with Crippen LogP contribution in [0.4, 0.5) is 0 Å². The van der Waals surface area contributed by atoms with Gasteiger partial charge in [-0.25, -0.2) is 12.7 Å². The van der Waals surface area contributed by atoms with Crippen molar-refractivity contribution in [3.8, 4) is 0 Å². The average molecular weight is 346 g/mol. The predicted molar refractivity (Wildman–Crippen MR) is 70.9 cm³/mol. The van der Waals surface area contributed by atoms with E-state index in [-0.39, 0.29) is 0 Å². The molecule has 1 heterocycles. The molecule has 90 valence electrons. The molecule has 0 aromatic rings. The van der Waals surface area contributed by atoms with E-state index in [0.717, 1.165) is 30.4 Å². The zero-order valence-electron chi connectivity index (χ0n) is 9.08. The average Bonchev–Trinajstić information content (AvgIpc) is 2.17. The van der Waals surface area contributed by atoms with Crippen LogP contribution in [0.3, 0.4) is 0 Å². The lowest BCUT2D eigenvalue weighted by molar-refractivity contribution is 0.262. The van der Waals surface area contributed by atoms with Gasteiger partial charge in [0.1, 0.15) is 0 Å². The number of alkyl halides is 1. The van der Waals surface area contributed by atoms with Gasteiger partial charge in [0.05, 0.1) is 6.26 Å². The summed E-state index contributed by atoms with van der Waals surface area (Å²) in [5, 5.41) is 3.35. The number of nitrogens with zero attached hydrogens (tertiary/aromatic N) is 1. The highest BCUT2D eigenvalue weighted by molar-refractivity contribution is 14.1. The summed E-state index contributed by atoms with van der Waals surface area (Å²) >= 11 is 2.33. The van der Waals surface area contributed by atoms with Crippen molar-refractivity contribution in [3.05, 3.63) is 0 Å². The van der Waals surface area contributed by atoms with Gasteiger partial charge in [-0.05, 0) is 25.3 Å². The van der Waals surface area contributed by atoms with Crippen LogP contribution in [0.15, 0.2) is 0 Å². The van der Waals surface area contributed by atoms with E-state index < -0.39 is 10.0 Å². The van der Waals surface area contributed by atoms with E-state index in [4.69, 9.17) is 0 Å². The van der Waals surface area contributed by atoms with Crippen molar-refractivity contribution >= 4 is 32.6 Å². The summed E-state index contributed by atoms with van der Waals surface area (Å²) in [7, 11) is -2.99. The van der Waals surface area contributed by atoms with Crippen LogP contribution in [-0.4, -0.2) is 49.6 Å². The third-order valence-corrected chi connectivity index (χ3v) is 4.46. The molecular formula is C9H19IN2O2S. The molecule has 0 bridgehead atoms. The summed E-state index contributed by atoms with van der Waals surface area (Å²) in [4.78, 5) is 0. The lowest BCUT2D eigenvalue weighted by Crippen LogP contribution is -2.42. The molecule has 4 nitrogen and oxygen atoms in total. The van der Waals surface area contributed by atoms with Gasteiger partial charge < -0.3 is 5.32 Å². The fraction of sp³-hybridized carbons (Fsp3) is 1.00. The molecule has 1 fully saturated rings. The van der Waals surface area contributed by atoms with Gasteiger partial charge in [-0.1, -0.05) is 22.6 Å². The van der Waals surface area contributed by atoms with E-state index in [1.165, 1.54) is 6.26 Å². The lowest BCUT2D eigenvalue weighted by Gasteiger charge is -2.31. The largest absolute Gasteiger partial charge is 0.316 e. The van der Waals surface area contributed by atoms with Gasteiger partial charge in [0.15, 0.2) is 0 Å².